The van der Waals surface area contributed by atoms with Crippen LogP contribution < -0.4 is 10.5 Å². The van der Waals surface area contributed by atoms with Crippen LogP contribution in [0.1, 0.15) is 33.2 Å². The molecule has 1 amide bonds. The van der Waals surface area contributed by atoms with Gasteiger partial charge < -0.3 is 24.5 Å². The van der Waals surface area contributed by atoms with Crippen molar-refractivity contribution >= 4 is 38.2 Å². The molecule has 0 saturated carbocycles. The van der Waals surface area contributed by atoms with Crippen LogP contribution in [0.5, 0.6) is 0 Å². The lowest BCUT2D eigenvalue weighted by molar-refractivity contribution is 0.0727. The lowest BCUT2D eigenvalue weighted by atomic mass is 9.93. The van der Waals surface area contributed by atoms with Gasteiger partial charge >= 0.3 is 0 Å². The molecule has 2 aliphatic rings. The van der Waals surface area contributed by atoms with Crippen molar-refractivity contribution in [1.82, 2.24) is 19.4 Å². The number of hydrogen-bond donors (Lipinski definition) is 2. The zero-order chi connectivity index (χ0) is 28.5. The second-order valence-corrected chi connectivity index (χ2v) is 12.4. The van der Waals surface area contributed by atoms with E-state index in [0.717, 1.165) is 12.5 Å². The number of rotatable bonds is 4. The van der Waals surface area contributed by atoms with Crippen LogP contribution >= 0.6 is 0 Å². The van der Waals surface area contributed by atoms with Gasteiger partial charge in [0.2, 0.25) is 0 Å². The van der Waals surface area contributed by atoms with Crippen LogP contribution in [-0.4, -0.2) is 64.8 Å². The molecule has 40 heavy (non-hydrogen) atoms. The van der Waals surface area contributed by atoms with Crippen LogP contribution in [0, 0.1) is 11.6 Å². The predicted molar refractivity (Wildman–Crippen MR) is 144 cm³/mol. The van der Waals surface area contributed by atoms with Gasteiger partial charge in [-0.1, -0.05) is 0 Å². The van der Waals surface area contributed by atoms with Gasteiger partial charge in [0, 0.05) is 66.9 Å². The highest BCUT2D eigenvalue weighted by molar-refractivity contribution is 7.90. The van der Waals surface area contributed by atoms with E-state index >= 15 is 4.39 Å². The highest BCUT2D eigenvalue weighted by Crippen LogP contribution is 2.47. The number of benzene rings is 1. The number of nitrogens with one attached hydrogen (secondary N) is 1. The summed E-state index contributed by atoms with van der Waals surface area (Å²) < 4.78 is 56.4. The van der Waals surface area contributed by atoms with Crippen molar-refractivity contribution < 1.29 is 27.1 Å². The van der Waals surface area contributed by atoms with Gasteiger partial charge in [-0.2, -0.15) is 0 Å². The first kappa shape index (κ1) is 26.1. The van der Waals surface area contributed by atoms with Crippen molar-refractivity contribution in [3.63, 3.8) is 0 Å². The molecule has 2 N–H and O–H groups in total. The number of aryl methyl sites for hydroxylation is 1. The van der Waals surface area contributed by atoms with Crippen molar-refractivity contribution in [2.75, 3.05) is 30.9 Å². The smallest absolute Gasteiger partial charge is 0.274 e. The Balaban J connectivity index is 1.73. The van der Waals surface area contributed by atoms with Crippen LogP contribution in [0.3, 0.4) is 0 Å². The van der Waals surface area contributed by atoms with Gasteiger partial charge in [-0.05, 0) is 29.7 Å². The maximum Gasteiger partial charge on any atom is 0.274 e. The number of carbonyl (C=O) groups is 1. The van der Waals surface area contributed by atoms with Crippen molar-refractivity contribution in [2.24, 2.45) is 7.05 Å². The fourth-order valence-corrected chi connectivity index (χ4v) is 6.98. The molecule has 208 valence electrons. The number of β-amino-alcohol motifs (C(OH)–C–C–N with tert-alkyl or cyclic N) is 1. The monoisotopic (exact) mass is 569 g/mol. The Kier molecular flexibility index (Phi) is 6.04. The first-order valence-electron chi connectivity index (χ1n) is 12.5. The lowest BCUT2D eigenvalue weighted by Gasteiger charge is -2.27. The molecule has 0 saturated heterocycles. The number of halogens is 2. The summed E-state index contributed by atoms with van der Waals surface area (Å²) in [5.41, 5.74) is 2.40. The molecule has 5 heterocycles. The van der Waals surface area contributed by atoms with Crippen molar-refractivity contribution in [1.29, 1.82) is 0 Å². The van der Waals surface area contributed by atoms with E-state index in [-0.39, 0.29) is 55.2 Å². The predicted octanol–water partition coefficient (Wildman–Crippen LogP) is 2.78. The molecule has 4 aromatic rings. The number of aromatic amines is 1. The fraction of sp³-hybridized carbons (Fsp3) is 0.296. The Hall–Kier alpha value is -4.10. The van der Waals surface area contributed by atoms with Crippen LogP contribution in [-0.2, 0) is 23.4 Å². The number of sulfone groups is 1. The summed E-state index contributed by atoms with van der Waals surface area (Å²) in [6.07, 6.45) is 5.37. The molecule has 13 heteroatoms. The van der Waals surface area contributed by atoms with Gasteiger partial charge in [-0.25, -0.2) is 22.2 Å². The number of aliphatic hydroxyl groups excluding tert-OH is 1. The third-order valence-electron chi connectivity index (χ3n) is 7.62. The third-order valence-corrected chi connectivity index (χ3v) is 9.15. The second-order valence-electron chi connectivity index (χ2n) is 10.1. The van der Waals surface area contributed by atoms with Gasteiger partial charge in [-0.3, -0.25) is 9.59 Å². The van der Waals surface area contributed by atoms with E-state index in [1.807, 2.05) is 0 Å². The number of aliphatic hydroxyl groups is 1. The topological polar surface area (TPSA) is 129 Å². The van der Waals surface area contributed by atoms with Crippen molar-refractivity contribution in [2.45, 2.75) is 18.2 Å². The van der Waals surface area contributed by atoms with E-state index < -0.39 is 32.6 Å². The van der Waals surface area contributed by atoms with Gasteiger partial charge in [0.15, 0.2) is 21.5 Å². The molecule has 0 spiro atoms. The molecule has 0 fully saturated rings. The second kappa shape index (κ2) is 9.24. The van der Waals surface area contributed by atoms with E-state index in [9.17, 15) is 27.5 Å². The molecule has 0 bridgehead atoms. The summed E-state index contributed by atoms with van der Waals surface area (Å²) in [4.78, 5) is 36.5. The number of anilines is 2. The van der Waals surface area contributed by atoms with Gasteiger partial charge in [-0.15, -0.1) is 0 Å². The number of H-pyrrole nitrogens is 1. The number of pyridine rings is 2. The minimum absolute atomic E-state index is 0.0105. The van der Waals surface area contributed by atoms with E-state index in [1.165, 1.54) is 20.4 Å². The number of fused-ring (bicyclic) bond motifs is 3. The van der Waals surface area contributed by atoms with Crippen LogP contribution in [0.4, 0.5) is 20.3 Å². The highest BCUT2D eigenvalue weighted by Gasteiger charge is 2.37. The van der Waals surface area contributed by atoms with Gasteiger partial charge in [0.05, 0.1) is 30.3 Å². The summed E-state index contributed by atoms with van der Waals surface area (Å²) in [5, 5.41) is 9.11. The Morgan fingerprint density at radius 3 is 2.62 bits per heavy atom. The molecule has 1 aromatic carbocycles. The minimum atomic E-state index is -3.68. The molecule has 0 radical (unpaired) electrons. The average molecular weight is 570 g/mol. The van der Waals surface area contributed by atoms with Gasteiger partial charge in [0.1, 0.15) is 11.3 Å². The van der Waals surface area contributed by atoms with E-state index in [2.05, 4.69) is 9.97 Å². The molecular formula is C27H25F2N5O5S. The summed E-state index contributed by atoms with van der Waals surface area (Å²) in [7, 11) is -2.10. The summed E-state index contributed by atoms with van der Waals surface area (Å²) in [6.45, 7) is -0.166. The minimum Gasteiger partial charge on any atom is -0.395 e. The van der Waals surface area contributed by atoms with Crippen molar-refractivity contribution in [3.8, 4) is 11.1 Å². The molecular weight excluding hydrogens is 544 g/mol. The Labute approximate surface area is 227 Å². The fourth-order valence-electron chi connectivity index (χ4n) is 5.79. The van der Waals surface area contributed by atoms with E-state index in [0.29, 0.717) is 39.3 Å². The van der Waals surface area contributed by atoms with Crippen molar-refractivity contribution in [3.05, 3.63) is 75.5 Å². The van der Waals surface area contributed by atoms with E-state index in [1.54, 1.807) is 25.5 Å². The van der Waals surface area contributed by atoms with Gasteiger partial charge in [0.25, 0.3) is 11.5 Å². The summed E-state index contributed by atoms with van der Waals surface area (Å²) in [5.74, 6) is -2.47. The molecule has 6 rings (SSSR count). The molecule has 0 unspecified atom stereocenters. The van der Waals surface area contributed by atoms with Crippen LogP contribution in [0.25, 0.3) is 22.0 Å². The summed E-state index contributed by atoms with van der Waals surface area (Å²) >= 11 is 0. The number of carbonyl (C=O) groups excluding carboxylic acids is 1. The number of amides is 1. The first-order valence-corrected chi connectivity index (χ1v) is 14.5. The zero-order valence-corrected chi connectivity index (χ0v) is 22.4. The van der Waals surface area contributed by atoms with Crippen LogP contribution in [0.2, 0.25) is 0 Å². The molecule has 3 aromatic heterocycles. The maximum absolute atomic E-state index is 15.2. The maximum atomic E-state index is 15.2. The number of hydrogen-bond acceptors (Lipinski definition) is 7. The third kappa shape index (κ3) is 3.99. The molecule has 2 aliphatic heterocycles. The highest BCUT2D eigenvalue weighted by atomic mass is 32.2. The van der Waals surface area contributed by atoms with Crippen LogP contribution in [0.15, 0.2) is 41.6 Å². The normalized spacial score (nSPS) is 17.0. The average Bonchev–Trinajstić information content (AvgIpc) is 3.20. The number of aromatic nitrogens is 3. The SMILES string of the molecule is Cn1cc2c3c(c[nH]c3c1=O)CN(c1ncc(F)cc1F)c1cc3c(cc1-2)[C@@H](S(C)(=O)=O)CCN(CCO)C3=O. The standard InChI is InChI=1S/C27H25F2N5O5S/c1-32-13-19-16-8-17-18(26(36)33(5-6-35)4-3-22(17)40(2,38)39)9-21(16)34(25-20(29)7-15(28)11-31-25)12-14-10-30-24(23(14)19)27(32)37/h7-11,13,22,30,35H,3-6,12H2,1-2H3/t22-/m0/s1. The van der Waals surface area contributed by atoms with E-state index in [4.69, 9.17) is 0 Å². The Morgan fingerprint density at radius 1 is 1.15 bits per heavy atom. The summed E-state index contributed by atoms with van der Waals surface area (Å²) in [6, 6.07) is 3.84. The molecule has 1 atom stereocenters. The lowest BCUT2D eigenvalue weighted by Crippen LogP contribution is -2.33. The largest absolute Gasteiger partial charge is 0.395 e. The first-order chi connectivity index (χ1) is 19.0. The zero-order valence-electron chi connectivity index (χ0n) is 21.6. The molecule has 0 aliphatic carbocycles. The molecule has 10 nitrogen and oxygen atoms in total. The Morgan fingerprint density at radius 2 is 1.93 bits per heavy atom. The number of nitrogens with zero attached hydrogens (tertiary/aromatic N) is 4. The quantitative estimate of drug-likeness (QED) is 0.387. The Bertz CT molecular complexity index is 1880.